The summed E-state index contributed by atoms with van der Waals surface area (Å²) >= 11 is 4.96. The molecule has 0 fully saturated rings. The van der Waals surface area contributed by atoms with E-state index >= 15 is 0 Å². The van der Waals surface area contributed by atoms with Gasteiger partial charge in [-0.05, 0) is 12.2 Å². The van der Waals surface area contributed by atoms with Crippen LogP contribution in [-0.2, 0) is 0 Å². The van der Waals surface area contributed by atoms with Gasteiger partial charge in [-0.15, -0.1) is 0 Å². The van der Waals surface area contributed by atoms with Crippen molar-refractivity contribution in [1.82, 2.24) is 0 Å². The van der Waals surface area contributed by atoms with Crippen LogP contribution in [0.2, 0.25) is 0 Å². The standard InChI is InChI=1S/C7H7S/c1-6-4-2-3-5-7(6)8/h2,4-6H,1H3. The Balaban J connectivity index is 2.74. The first-order valence-corrected chi connectivity index (χ1v) is 3.01. The van der Waals surface area contributed by atoms with Crippen LogP contribution in [0, 0.1) is 12.0 Å². The molecule has 0 heterocycles. The first-order valence-electron chi connectivity index (χ1n) is 2.60. The van der Waals surface area contributed by atoms with Crippen LogP contribution in [0.1, 0.15) is 6.92 Å². The fraction of sp³-hybridized carbons (Fsp3) is 0.286. The average molecular weight is 123 g/mol. The molecule has 0 aliphatic heterocycles. The van der Waals surface area contributed by atoms with E-state index in [0.717, 1.165) is 4.86 Å². The number of rotatable bonds is 0. The van der Waals surface area contributed by atoms with Crippen LogP contribution in [0.5, 0.6) is 0 Å². The molecular weight excluding hydrogens is 116 g/mol. The van der Waals surface area contributed by atoms with Crippen LogP contribution in [-0.4, -0.2) is 4.86 Å². The molecule has 0 saturated carbocycles. The van der Waals surface area contributed by atoms with Crippen LogP contribution in [0.15, 0.2) is 18.2 Å². The SMILES string of the molecule is CC1C=C[C]=CC1=S. The van der Waals surface area contributed by atoms with E-state index in [9.17, 15) is 0 Å². The molecule has 41 valence electrons. The molecule has 1 rings (SSSR count). The van der Waals surface area contributed by atoms with E-state index in [-0.39, 0.29) is 0 Å². The molecular formula is C7H7S. The van der Waals surface area contributed by atoms with Crippen molar-refractivity contribution in [3.8, 4) is 0 Å². The molecule has 0 bridgehead atoms. The van der Waals surface area contributed by atoms with Gasteiger partial charge in [-0.1, -0.05) is 31.3 Å². The molecule has 8 heavy (non-hydrogen) atoms. The third-order valence-electron chi connectivity index (χ3n) is 1.16. The summed E-state index contributed by atoms with van der Waals surface area (Å²) in [6.45, 7) is 2.08. The second kappa shape index (κ2) is 2.23. The Hall–Kier alpha value is -0.430. The van der Waals surface area contributed by atoms with Crippen LogP contribution in [0.25, 0.3) is 0 Å². The van der Waals surface area contributed by atoms with E-state index in [1.165, 1.54) is 0 Å². The van der Waals surface area contributed by atoms with Crippen molar-refractivity contribution < 1.29 is 0 Å². The van der Waals surface area contributed by atoms with Crippen LogP contribution >= 0.6 is 12.2 Å². The van der Waals surface area contributed by atoms with Crippen molar-refractivity contribution in [3.63, 3.8) is 0 Å². The van der Waals surface area contributed by atoms with E-state index in [0.29, 0.717) is 5.92 Å². The predicted octanol–water partition coefficient (Wildman–Crippen LogP) is 1.92. The van der Waals surface area contributed by atoms with Crippen molar-refractivity contribution in [3.05, 3.63) is 24.3 Å². The summed E-state index contributed by atoms with van der Waals surface area (Å²) in [6, 6.07) is 0. The average Bonchev–Trinajstić information content (AvgIpc) is 1.77. The normalized spacial score (nSPS) is 26.6. The molecule has 0 aromatic rings. The third kappa shape index (κ3) is 1.04. The van der Waals surface area contributed by atoms with Gasteiger partial charge in [-0.3, -0.25) is 0 Å². The quantitative estimate of drug-likeness (QED) is 0.443. The van der Waals surface area contributed by atoms with E-state index in [1.54, 1.807) is 0 Å². The van der Waals surface area contributed by atoms with Gasteiger partial charge in [0.25, 0.3) is 0 Å². The fourth-order valence-corrected chi connectivity index (χ4v) is 0.703. The zero-order chi connectivity index (χ0) is 5.98. The van der Waals surface area contributed by atoms with Gasteiger partial charge in [0, 0.05) is 10.8 Å². The molecule has 1 atom stereocenters. The van der Waals surface area contributed by atoms with Crippen molar-refractivity contribution in [2.24, 2.45) is 5.92 Å². The molecule has 1 heteroatoms. The summed E-state index contributed by atoms with van der Waals surface area (Å²) in [6.07, 6.45) is 8.71. The Kier molecular flexibility index (Phi) is 1.59. The fourth-order valence-electron chi connectivity index (χ4n) is 0.556. The minimum absolute atomic E-state index is 0.436. The predicted molar refractivity (Wildman–Crippen MR) is 38.7 cm³/mol. The molecule has 1 unspecified atom stereocenters. The zero-order valence-corrected chi connectivity index (χ0v) is 5.53. The van der Waals surface area contributed by atoms with Gasteiger partial charge in [0.05, 0.1) is 0 Å². The summed E-state index contributed by atoms with van der Waals surface area (Å²) in [4.78, 5) is 0.979. The van der Waals surface area contributed by atoms with Gasteiger partial charge in [0.1, 0.15) is 0 Å². The topological polar surface area (TPSA) is 0 Å². The Morgan fingerprint density at radius 3 is 2.88 bits per heavy atom. The van der Waals surface area contributed by atoms with Crippen molar-refractivity contribution in [2.45, 2.75) is 6.92 Å². The van der Waals surface area contributed by atoms with Gasteiger partial charge < -0.3 is 0 Å². The lowest BCUT2D eigenvalue weighted by Crippen LogP contribution is -2.03. The first-order chi connectivity index (χ1) is 3.80. The minimum Gasteiger partial charge on any atom is -0.0843 e. The van der Waals surface area contributed by atoms with Gasteiger partial charge in [0.15, 0.2) is 0 Å². The first kappa shape index (κ1) is 5.70. The number of hydrogen-bond acceptors (Lipinski definition) is 1. The molecule has 1 aliphatic rings. The van der Waals surface area contributed by atoms with Crippen LogP contribution in [0.3, 0.4) is 0 Å². The van der Waals surface area contributed by atoms with Crippen molar-refractivity contribution >= 4 is 17.1 Å². The third-order valence-corrected chi connectivity index (χ3v) is 1.65. The molecule has 0 aromatic heterocycles. The highest BCUT2D eigenvalue weighted by Crippen LogP contribution is 2.06. The van der Waals surface area contributed by atoms with E-state index in [2.05, 4.69) is 13.0 Å². The van der Waals surface area contributed by atoms with E-state index in [1.807, 2.05) is 18.2 Å². The molecule has 1 radical (unpaired) electrons. The number of allylic oxidation sites excluding steroid dienone is 4. The monoisotopic (exact) mass is 123 g/mol. The summed E-state index contributed by atoms with van der Waals surface area (Å²) in [5.41, 5.74) is 0. The molecule has 1 aliphatic carbocycles. The molecule has 0 spiro atoms. The largest absolute Gasteiger partial charge is 0.0843 e. The highest BCUT2D eigenvalue weighted by atomic mass is 32.1. The van der Waals surface area contributed by atoms with Gasteiger partial charge in [-0.2, -0.15) is 0 Å². The van der Waals surface area contributed by atoms with Gasteiger partial charge in [0.2, 0.25) is 0 Å². The zero-order valence-electron chi connectivity index (χ0n) is 4.72. The maximum Gasteiger partial charge on any atom is 0.0224 e. The highest BCUT2D eigenvalue weighted by molar-refractivity contribution is 7.80. The lowest BCUT2D eigenvalue weighted by molar-refractivity contribution is 1.02. The summed E-state index contributed by atoms with van der Waals surface area (Å²) in [5.74, 6) is 0.436. The molecule has 0 saturated heterocycles. The van der Waals surface area contributed by atoms with Crippen molar-refractivity contribution in [2.75, 3.05) is 0 Å². The molecule has 0 amide bonds. The lowest BCUT2D eigenvalue weighted by atomic mass is 10.0. The second-order valence-corrected chi connectivity index (χ2v) is 2.33. The Morgan fingerprint density at radius 1 is 1.75 bits per heavy atom. The van der Waals surface area contributed by atoms with Gasteiger partial charge in [-0.25, -0.2) is 0 Å². The smallest absolute Gasteiger partial charge is 0.0224 e. The Morgan fingerprint density at radius 2 is 2.50 bits per heavy atom. The number of hydrogen-bond donors (Lipinski definition) is 0. The maximum atomic E-state index is 4.96. The highest BCUT2D eigenvalue weighted by Gasteiger charge is 2.01. The van der Waals surface area contributed by atoms with Crippen LogP contribution in [0.4, 0.5) is 0 Å². The maximum absolute atomic E-state index is 4.96. The van der Waals surface area contributed by atoms with E-state index < -0.39 is 0 Å². The lowest BCUT2D eigenvalue weighted by Gasteiger charge is -2.04. The van der Waals surface area contributed by atoms with Crippen molar-refractivity contribution in [1.29, 1.82) is 0 Å². The summed E-state index contributed by atoms with van der Waals surface area (Å²) in [5, 5.41) is 0. The van der Waals surface area contributed by atoms with Gasteiger partial charge >= 0.3 is 0 Å². The molecule has 0 nitrogen and oxygen atoms in total. The second-order valence-electron chi connectivity index (χ2n) is 1.86. The Labute approximate surface area is 54.9 Å². The minimum atomic E-state index is 0.436. The Bertz CT molecular complexity index is 154. The van der Waals surface area contributed by atoms with Crippen LogP contribution < -0.4 is 0 Å². The number of thiocarbonyl (C=S) groups is 1. The molecule has 0 aromatic carbocycles. The summed E-state index contributed by atoms with van der Waals surface area (Å²) < 4.78 is 0. The summed E-state index contributed by atoms with van der Waals surface area (Å²) in [7, 11) is 0. The van der Waals surface area contributed by atoms with E-state index in [4.69, 9.17) is 12.2 Å². The molecule has 0 N–H and O–H groups in total.